The highest BCUT2D eigenvalue weighted by Gasteiger charge is 2.30. The van der Waals surface area contributed by atoms with Crippen molar-refractivity contribution in [1.29, 1.82) is 0 Å². The molecule has 1 N–H and O–H groups in total. The molecule has 4 aromatic rings. The molecule has 5 nitrogen and oxygen atoms in total. The van der Waals surface area contributed by atoms with Crippen LogP contribution in [0, 0.1) is 6.92 Å². The highest BCUT2D eigenvalue weighted by atomic mass is 32.3. The van der Waals surface area contributed by atoms with Gasteiger partial charge < -0.3 is 5.11 Å². The van der Waals surface area contributed by atoms with Crippen molar-refractivity contribution in [2.75, 3.05) is 6.54 Å². The van der Waals surface area contributed by atoms with Gasteiger partial charge in [0.05, 0.1) is 15.9 Å². The van der Waals surface area contributed by atoms with Gasteiger partial charge in [-0.15, -0.1) is 3.71 Å². The van der Waals surface area contributed by atoms with Crippen molar-refractivity contribution in [2.45, 2.75) is 35.2 Å². The number of nitrogens with zero attached hydrogens (tertiary/aromatic N) is 1. The zero-order chi connectivity index (χ0) is 27.0. The Hall–Kier alpha value is -3.36. The predicted octanol–water partition coefficient (Wildman–Crippen LogP) is 6.17. The Morgan fingerprint density at radius 2 is 1.32 bits per heavy atom. The normalized spacial score (nSPS) is 14.4. The monoisotopic (exact) mass is 545 g/mol. The molecule has 0 aromatic heterocycles. The molecule has 4 rings (SSSR count). The quantitative estimate of drug-likeness (QED) is 0.229. The Morgan fingerprint density at radius 1 is 0.789 bits per heavy atom. The van der Waals surface area contributed by atoms with E-state index in [1.807, 2.05) is 73.7 Å². The SMILES string of the molecule is Cc1ccc(S(=O)(=O)N(C/C=C/[C@H](C[C@@H](O)c2ccccc2)c2ccccc2)S(=O)c2ccccc2)cc1. The maximum atomic E-state index is 13.6. The van der Waals surface area contributed by atoms with Gasteiger partial charge in [0.25, 0.3) is 10.0 Å². The fourth-order valence-corrected chi connectivity index (χ4v) is 7.20. The summed E-state index contributed by atoms with van der Waals surface area (Å²) in [4.78, 5) is 0.482. The summed E-state index contributed by atoms with van der Waals surface area (Å²) in [6.07, 6.45) is 3.33. The maximum absolute atomic E-state index is 13.6. The highest BCUT2D eigenvalue weighted by molar-refractivity contribution is 8.01. The molecule has 7 heteroatoms. The van der Waals surface area contributed by atoms with Gasteiger partial charge >= 0.3 is 0 Å². The first-order valence-electron chi connectivity index (χ1n) is 12.4. The van der Waals surface area contributed by atoms with Gasteiger partial charge in [-0.3, -0.25) is 0 Å². The third-order valence-corrected chi connectivity index (χ3v) is 9.97. The molecule has 0 radical (unpaired) electrons. The zero-order valence-corrected chi connectivity index (χ0v) is 22.8. The van der Waals surface area contributed by atoms with Crippen LogP contribution in [0.2, 0.25) is 0 Å². The van der Waals surface area contributed by atoms with Crippen LogP contribution < -0.4 is 0 Å². The molecule has 0 spiro atoms. The van der Waals surface area contributed by atoms with E-state index in [1.54, 1.807) is 48.5 Å². The topological polar surface area (TPSA) is 74.7 Å². The molecule has 0 bridgehead atoms. The average molecular weight is 546 g/mol. The third-order valence-electron chi connectivity index (χ3n) is 6.23. The van der Waals surface area contributed by atoms with Crippen LogP contribution in [0.5, 0.6) is 0 Å². The first-order chi connectivity index (χ1) is 18.4. The van der Waals surface area contributed by atoms with Crippen LogP contribution in [0.25, 0.3) is 0 Å². The van der Waals surface area contributed by atoms with Crippen LogP contribution in [0.4, 0.5) is 0 Å². The molecule has 0 saturated carbocycles. The largest absolute Gasteiger partial charge is 0.388 e. The minimum Gasteiger partial charge on any atom is -0.388 e. The summed E-state index contributed by atoms with van der Waals surface area (Å²) in [5.41, 5.74) is 2.74. The van der Waals surface area contributed by atoms with Crippen molar-refractivity contribution in [3.8, 4) is 0 Å². The summed E-state index contributed by atoms with van der Waals surface area (Å²) < 4.78 is 41.8. The average Bonchev–Trinajstić information content (AvgIpc) is 2.95. The Bertz CT molecular complexity index is 1460. The minimum absolute atomic E-state index is 0.0832. The van der Waals surface area contributed by atoms with Gasteiger partial charge in [0.1, 0.15) is 11.0 Å². The Balaban J connectivity index is 1.64. The number of aryl methyl sites for hydroxylation is 1. The molecule has 0 amide bonds. The summed E-state index contributed by atoms with van der Waals surface area (Å²) in [6, 6.07) is 34.3. The van der Waals surface area contributed by atoms with E-state index in [2.05, 4.69) is 0 Å². The molecule has 0 heterocycles. The van der Waals surface area contributed by atoms with Crippen molar-refractivity contribution in [1.82, 2.24) is 3.71 Å². The van der Waals surface area contributed by atoms with Crippen LogP contribution in [0.3, 0.4) is 0 Å². The fourth-order valence-electron chi connectivity index (χ4n) is 4.13. The van der Waals surface area contributed by atoms with Gasteiger partial charge in [-0.05, 0) is 48.7 Å². The second-order valence-electron chi connectivity index (χ2n) is 8.97. The lowest BCUT2D eigenvalue weighted by atomic mass is 9.90. The van der Waals surface area contributed by atoms with E-state index in [0.717, 1.165) is 20.4 Å². The van der Waals surface area contributed by atoms with Crippen LogP contribution in [0.1, 0.15) is 35.1 Å². The van der Waals surface area contributed by atoms with Crippen molar-refractivity contribution in [3.63, 3.8) is 0 Å². The number of hydrogen-bond acceptors (Lipinski definition) is 4. The predicted molar refractivity (Wildman–Crippen MR) is 152 cm³/mol. The minimum atomic E-state index is -4.06. The number of sulfonamides is 1. The molecule has 0 fully saturated rings. The van der Waals surface area contributed by atoms with Gasteiger partial charge in [-0.2, -0.15) is 0 Å². The van der Waals surface area contributed by atoms with Crippen molar-refractivity contribution in [2.24, 2.45) is 0 Å². The number of aliphatic hydroxyl groups excluding tert-OH is 1. The molecule has 0 aliphatic heterocycles. The summed E-state index contributed by atoms with van der Waals surface area (Å²) in [5, 5.41) is 10.9. The highest BCUT2D eigenvalue weighted by Crippen LogP contribution is 2.30. The molecule has 38 heavy (non-hydrogen) atoms. The van der Waals surface area contributed by atoms with E-state index in [4.69, 9.17) is 0 Å². The Labute approximate surface area is 227 Å². The summed E-state index contributed by atoms with van der Waals surface area (Å²) in [5.74, 6) is -0.180. The molecule has 196 valence electrons. The zero-order valence-electron chi connectivity index (χ0n) is 21.1. The number of hydrogen-bond donors (Lipinski definition) is 1. The Kier molecular flexibility index (Phi) is 9.42. The summed E-state index contributed by atoms with van der Waals surface area (Å²) in [6.45, 7) is 1.79. The first-order valence-corrected chi connectivity index (χ1v) is 14.9. The van der Waals surface area contributed by atoms with Gasteiger partial charge in [0, 0.05) is 12.5 Å². The van der Waals surface area contributed by atoms with Crippen LogP contribution in [0.15, 0.2) is 137 Å². The van der Waals surface area contributed by atoms with E-state index in [9.17, 15) is 17.7 Å². The lowest BCUT2D eigenvalue weighted by Gasteiger charge is -2.21. The molecule has 0 saturated heterocycles. The summed E-state index contributed by atoms with van der Waals surface area (Å²) in [7, 11) is -6.01. The van der Waals surface area contributed by atoms with E-state index in [1.165, 1.54) is 12.1 Å². The van der Waals surface area contributed by atoms with Crippen molar-refractivity contribution in [3.05, 3.63) is 144 Å². The van der Waals surface area contributed by atoms with E-state index >= 15 is 0 Å². The van der Waals surface area contributed by atoms with E-state index in [-0.39, 0.29) is 17.4 Å². The number of benzene rings is 4. The molecular weight excluding hydrogens is 514 g/mol. The molecule has 0 aliphatic rings. The second-order valence-corrected chi connectivity index (χ2v) is 12.5. The van der Waals surface area contributed by atoms with E-state index < -0.39 is 27.1 Å². The fraction of sp³-hybridized carbons (Fsp3) is 0.161. The number of allylic oxidation sites excluding steroid dienone is 1. The van der Waals surface area contributed by atoms with Crippen LogP contribution in [-0.2, 0) is 21.0 Å². The van der Waals surface area contributed by atoms with Gasteiger partial charge in [-0.1, -0.05) is 109 Å². The van der Waals surface area contributed by atoms with Crippen molar-refractivity contribution >= 4 is 21.0 Å². The Morgan fingerprint density at radius 3 is 1.89 bits per heavy atom. The second kappa shape index (κ2) is 12.9. The number of rotatable bonds is 11. The molecule has 1 unspecified atom stereocenters. The molecule has 3 atom stereocenters. The maximum Gasteiger partial charge on any atom is 0.254 e. The summed E-state index contributed by atoms with van der Waals surface area (Å²) >= 11 is 0. The van der Waals surface area contributed by atoms with Crippen molar-refractivity contribution < 1.29 is 17.7 Å². The van der Waals surface area contributed by atoms with Crippen LogP contribution >= 0.6 is 0 Å². The smallest absolute Gasteiger partial charge is 0.254 e. The first kappa shape index (κ1) is 27.7. The standard InChI is InChI=1S/C31H31NO4S2/c1-25-19-21-30(22-20-25)38(35,36)32(37(34)29-17-9-4-10-18-29)23-11-16-28(26-12-5-2-6-13-26)24-31(33)27-14-7-3-8-15-27/h2-22,28,31,33H,23-24H2,1H3/b16-11+/t28-,31-,37?/m1/s1. The van der Waals surface area contributed by atoms with Gasteiger partial charge in [0.2, 0.25) is 0 Å². The molecular formula is C31H31NO4S2. The lowest BCUT2D eigenvalue weighted by molar-refractivity contribution is 0.163. The lowest BCUT2D eigenvalue weighted by Crippen LogP contribution is -2.33. The van der Waals surface area contributed by atoms with Gasteiger partial charge in [0.15, 0.2) is 0 Å². The van der Waals surface area contributed by atoms with Gasteiger partial charge in [-0.25, -0.2) is 12.6 Å². The third kappa shape index (κ3) is 6.94. The molecule has 4 aromatic carbocycles. The number of aliphatic hydroxyl groups is 1. The molecule has 0 aliphatic carbocycles. The van der Waals surface area contributed by atoms with Crippen LogP contribution in [-0.4, -0.2) is 28.0 Å². The van der Waals surface area contributed by atoms with E-state index in [0.29, 0.717) is 11.3 Å².